The fourth-order valence-electron chi connectivity index (χ4n) is 4.53. The zero-order valence-electron chi connectivity index (χ0n) is 20.8. The number of carbonyl (C=O) groups is 1. The van der Waals surface area contributed by atoms with Crippen molar-refractivity contribution in [3.63, 3.8) is 0 Å². The Bertz CT molecular complexity index is 1770. The van der Waals surface area contributed by atoms with Crippen LogP contribution in [0.4, 0.5) is 19.0 Å². The van der Waals surface area contributed by atoms with Crippen LogP contribution >= 0.6 is 0 Å². The Balaban J connectivity index is 1.41. The maximum atomic E-state index is 15.2. The van der Waals surface area contributed by atoms with Gasteiger partial charge in [-0.3, -0.25) is 4.79 Å². The molecule has 0 fully saturated rings. The van der Waals surface area contributed by atoms with E-state index in [0.717, 1.165) is 17.0 Å². The Morgan fingerprint density at radius 1 is 1.08 bits per heavy atom. The van der Waals surface area contributed by atoms with Gasteiger partial charge in [0, 0.05) is 29.9 Å². The van der Waals surface area contributed by atoms with E-state index in [0.29, 0.717) is 22.3 Å². The van der Waals surface area contributed by atoms with Gasteiger partial charge in [-0.1, -0.05) is 18.2 Å². The first-order valence-electron chi connectivity index (χ1n) is 11.7. The van der Waals surface area contributed by atoms with Gasteiger partial charge in [-0.2, -0.15) is 5.10 Å². The van der Waals surface area contributed by atoms with Crippen LogP contribution in [0.3, 0.4) is 0 Å². The van der Waals surface area contributed by atoms with Crippen LogP contribution in [0.15, 0.2) is 60.3 Å². The first-order valence-corrected chi connectivity index (χ1v) is 13.8. The molecular formula is C28H22F3N3O4S. The highest BCUT2D eigenvalue weighted by atomic mass is 32.2. The number of ketones is 1. The molecule has 7 nitrogen and oxygen atoms in total. The van der Waals surface area contributed by atoms with Gasteiger partial charge < -0.3 is 10.5 Å². The number of hydrogen-bond donors (Lipinski definition) is 1. The number of hydrogen-bond acceptors (Lipinski definition) is 6. The number of Topliss-reactive ketones (excluding diaryl/α,β-unsaturated/α-hetero) is 1. The van der Waals surface area contributed by atoms with Crippen LogP contribution in [0.5, 0.6) is 11.5 Å². The molecule has 0 bridgehead atoms. The van der Waals surface area contributed by atoms with Crippen molar-refractivity contribution in [3.05, 3.63) is 106 Å². The molecule has 2 N–H and O–H groups in total. The average molecular weight is 554 g/mol. The summed E-state index contributed by atoms with van der Waals surface area (Å²) in [6, 6.07) is 10.9. The van der Waals surface area contributed by atoms with E-state index in [2.05, 4.69) is 5.10 Å². The minimum absolute atomic E-state index is 0.0105. The summed E-state index contributed by atoms with van der Waals surface area (Å²) in [5.74, 6) is -3.06. The standard InChI is InChI=1S/C28H22F3N3O4S/c1-15-7-20(38-25-6-4-3-5-22(25)29)12-24(31)26(15)34-28(32)21(13-33-34)27(35)18-8-16-10-19(14-39(2,36)37)23(30)11-17(16)9-18/h3-7,9-13H,8,14,32H2,1-2H3. The predicted molar refractivity (Wildman–Crippen MR) is 140 cm³/mol. The first kappa shape index (κ1) is 26.2. The van der Waals surface area contributed by atoms with Crippen LogP contribution in [0, 0.1) is 24.4 Å². The van der Waals surface area contributed by atoms with Gasteiger partial charge in [0.1, 0.15) is 23.1 Å². The van der Waals surface area contributed by atoms with Gasteiger partial charge in [0.05, 0.1) is 17.5 Å². The number of allylic oxidation sites excluding steroid dienone is 1. The molecule has 11 heteroatoms. The van der Waals surface area contributed by atoms with Crippen molar-refractivity contribution >= 4 is 27.5 Å². The molecule has 0 saturated carbocycles. The van der Waals surface area contributed by atoms with E-state index >= 15 is 4.39 Å². The zero-order chi connectivity index (χ0) is 28.1. The number of ether oxygens (including phenoxy) is 1. The van der Waals surface area contributed by atoms with Crippen molar-refractivity contribution in [2.45, 2.75) is 19.1 Å². The monoisotopic (exact) mass is 553 g/mol. The lowest BCUT2D eigenvalue weighted by atomic mass is 10.0. The number of carbonyl (C=O) groups excluding carboxylic acids is 1. The number of aryl methyl sites for hydroxylation is 1. The summed E-state index contributed by atoms with van der Waals surface area (Å²) in [7, 11) is -3.45. The fourth-order valence-corrected chi connectivity index (χ4v) is 5.31. The third-order valence-corrected chi connectivity index (χ3v) is 7.12. The molecule has 4 aromatic rings. The van der Waals surface area contributed by atoms with Gasteiger partial charge >= 0.3 is 0 Å². The average Bonchev–Trinajstić information content (AvgIpc) is 3.42. The van der Waals surface area contributed by atoms with Crippen LogP contribution in [-0.2, 0) is 22.0 Å². The molecule has 1 aromatic heterocycles. The Labute approximate surface area is 222 Å². The summed E-state index contributed by atoms with van der Waals surface area (Å²) in [6.45, 7) is 1.59. The van der Waals surface area contributed by atoms with Gasteiger partial charge in [0.15, 0.2) is 33.0 Å². The van der Waals surface area contributed by atoms with E-state index < -0.39 is 38.8 Å². The normalized spacial score (nSPS) is 12.8. The maximum absolute atomic E-state index is 15.2. The number of nitrogens with zero attached hydrogens (tertiary/aromatic N) is 2. The van der Waals surface area contributed by atoms with Crippen LogP contribution < -0.4 is 10.5 Å². The van der Waals surface area contributed by atoms with Crippen molar-refractivity contribution in [2.24, 2.45) is 0 Å². The van der Waals surface area contributed by atoms with Gasteiger partial charge in [0.2, 0.25) is 0 Å². The molecule has 0 unspecified atom stereocenters. The Hall–Kier alpha value is -4.38. The van der Waals surface area contributed by atoms with Crippen molar-refractivity contribution in [1.29, 1.82) is 0 Å². The summed E-state index contributed by atoms with van der Waals surface area (Å²) in [5.41, 5.74) is 8.01. The third kappa shape index (κ3) is 5.17. The molecule has 39 heavy (non-hydrogen) atoms. The summed E-state index contributed by atoms with van der Waals surface area (Å²) in [4.78, 5) is 13.3. The highest BCUT2D eigenvalue weighted by Gasteiger charge is 2.26. The van der Waals surface area contributed by atoms with Gasteiger partial charge in [0.25, 0.3) is 0 Å². The molecule has 0 amide bonds. The molecule has 0 atom stereocenters. The lowest BCUT2D eigenvalue weighted by Crippen LogP contribution is -2.10. The second-order valence-electron chi connectivity index (χ2n) is 9.35. The molecule has 0 radical (unpaired) electrons. The second kappa shape index (κ2) is 9.73. The fraction of sp³-hybridized carbons (Fsp3) is 0.143. The maximum Gasteiger partial charge on any atom is 0.194 e. The van der Waals surface area contributed by atoms with Crippen molar-refractivity contribution < 1.29 is 31.1 Å². The number of fused-ring (bicyclic) bond motifs is 1. The van der Waals surface area contributed by atoms with Crippen molar-refractivity contribution in [2.75, 3.05) is 12.0 Å². The van der Waals surface area contributed by atoms with Crippen LogP contribution in [0.1, 0.15) is 32.6 Å². The number of halogens is 3. The Morgan fingerprint density at radius 3 is 2.51 bits per heavy atom. The van der Waals surface area contributed by atoms with E-state index in [-0.39, 0.29) is 40.6 Å². The molecular weight excluding hydrogens is 531 g/mol. The molecule has 0 spiro atoms. The van der Waals surface area contributed by atoms with Crippen molar-refractivity contribution in [3.8, 4) is 17.2 Å². The summed E-state index contributed by atoms with van der Waals surface area (Å²) >= 11 is 0. The quantitative estimate of drug-likeness (QED) is 0.310. The number of rotatable bonds is 7. The Morgan fingerprint density at radius 2 is 1.82 bits per heavy atom. The van der Waals surface area contributed by atoms with E-state index in [1.807, 2.05) is 0 Å². The van der Waals surface area contributed by atoms with Gasteiger partial charge in [-0.05, 0) is 54.0 Å². The number of sulfone groups is 1. The van der Waals surface area contributed by atoms with E-state index in [1.165, 1.54) is 48.7 Å². The smallest absolute Gasteiger partial charge is 0.194 e. The zero-order valence-corrected chi connectivity index (χ0v) is 21.7. The molecule has 1 aliphatic carbocycles. The van der Waals surface area contributed by atoms with Crippen LogP contribution in [0.2, 0.25) is 0 Å². The lowest BCUT2D eigenvalue weighted by Gasteiger charge is -2.13. The molecule has 1 aliphatic rings. The van der Waals surface area contributed by atoms with Crippen LogP contribution in [-0.4, -0.2) is 30.2 Å². The number of aromatic nitrogens is 2. The minimum atomic E-state index is -3.45. The number of nitrogens with two attached hydrogens (primary N) is 1. The second-order valence-corrected chi connectivity index (χ2v) is 11.5. The number of para-hydroxylation sites is 1. The predicted octanol–water partition coefficient (Wildman–Crippen LogP) is 5.34. The molecule has 0 aliphatic heterocycles. The third-order valence-electron chi connectivity index (χ3n) is 6.28. The molecule has 3 aromatic carbocycles. The number of nitrogen functional groups attached to an aromatic ring is 1. The van der Waals surface area contributed by atoms with E-state index in [1.54, 1.807) is 13.0 Å². The summed E-state index contributed by atoms with van der Waals surface area (Å²) in [5, 5.41) is 4.12. The Kier molecular flexibility index (Phi) is 6.55. The number of benzene rings is 3. The van der Waals surface area contributed by atoms with E-state index in [9.17, 15) is 22.0 Å². The molecule has 200 valence electrons. The molecule has 0 saturated heterocycles. The highest BCUT2D eigenvalue weighted by Crippen LogP contribution is 2.34. The minimum Gasteiger partial charge on any atom is -0.454 e. The van der Waals surface area contributed by atoms with Crippen molar-refractivity contribution in [1.82, 2.24) is 9.78 Å². The highest BCUT2D eigenvalue weighted by molar-refractivity contribution is 7.89. The largest absolute Gasteiger partial charge is 0.454 e. The molecule has 1 heterocycles. The molecule has 5 rings (SSSR count). The lowest BCUT2D eigenvalue weighted by molar-refractivity contribution is 0.103. The van der Waals surface area contributed by atoms with Gasteiger partial charge in [-0.15, -0.1) is 0 Å². The summed E-state index contributed by atoms with van der Waals surface area (Å²) in [6.07, 6.45) is 3.90. The topological polar surface area (TPSA) is 104 Å². The summed E-state index contributed by atoms with van der Waals surface area (Å²) < 4.78 is 73.4. The number of anilines is 1. The van der Waals surface area contributed by atoms with Crippen LogP contribution in [0.25, 0.3) is 11.8 Å². The SMILES string of the molecule is Cc1cc(Oc2ccccc2F)cc(F)c1-n1ncc(C(=O)C2=Cc3cc(F)c(CS(C)(=O)=O)cc3C2)c1N. The first-order chi connectivity index (χ1) is 18.4. The van der Waals surface area contributed by atoms with E-state index in [4.69, 9.17) is 10.5 Å². The van der Waals surface area contributed by atoms with Gasteiger partial charge in [-0.25, -0.2) is 26.3 Å².